The van der Waals surface area contributed by atoms with Gasteiger partial charge in [-0.15, -0.1) is 0 Å². The molecule has 2 aromatic carbocycles. The predicted octanol–water partition coefficient (Wildman–Crippen LogP) is 7.22. The Morgan fingerprint density at radius 3 is 2.64 bits per heavy atom. The quantitative estimate of drug-likeness (QED) is 0.144. The number of aromatic nitrogens is 5. The van der Waals surface area contributed by atoms with Gasteiger partial charge in [0.2, 0.25) is 5.91 Å². The minimum absolute atomic E-state index is 0.0379. The first-order valence-electron chi connectivity index (χ1n) is 18.7. The maximum Gasteiger partial charge on any atom is 0.319 e. The molecular formula is C40H42ClFN8O3. The van der Waals surface area contributed by atoms with E-state index in [1.54, 1.807) is 23.2 Å². The molecule has 4 fully saturated rings. The van der Waals surface area contributed by atoms with Gasteiger partial charge in [0.25, 0.3) is 5.89 Å². The van der Waals surface area contributed by atoms with Crippen LogP contribution < -0.4 is 9.64 Å². The molecule has 1 atom stereocenters. The van der Waals surface area contributed by atoms with Crippen molar-refractivity contribution < 1.29 is 18.4 Å². The van der Waals surface area contributed by atoms with Crippen LogP contribution >= 0.6 is 11.6 Å². The van der Waals surface area contributed by atoms with Crippen LogP contribution in [-0.4, -0.2) is 92.2 Å². The summed E-state index contributed by atoms with van der Waals surface area (Å²) in [7, 11) is 1.92. The van der Waals surface area contributed by atoms with Gasteiger partial charge in [-0.1, -0.05) is 60.4 Å². The molecule has 0 unspecified atom stereocenters. The number of benzene rings is 2. The smallest absolute Gasteiger partial charge is 0.319 e. The largest absolute Gasteiger partial charge is 0.461 e. The van der Waals surface area contributed by atoms with Crippen LogP contribution in [0.4, 0.5) is 10.2 Å². The maximum atomic E-state index is 16.9. The normalized spacial score (nSPS) is 20.8. The van der Waals surface area contributed by atoms with Crippen LogP contribution in [0.1, 0.15) is 70.0 Å². The van der Waals surface area contributed by atoms with Gasteiger partial charge in [-0.3, -0.25) is 14.7 Å². The molecule has 9 rings (SSSR count). The van der Waals surface area contributed by atoms with Crippen LogP contribution in [0.15, 0.2) is 53.2 Å². The highest BCUT2D eigenvalue weighted by Gasteiger charge is 2.45. The van der Waals surface area contributed by atoms with Gasteiger partial charge in [0, 0.05) is 65.9 Å². The number of carbonyl (C=O) groups excluding carboxylic acids is 1. The van der Waals surface area contributed by atoms with Crippen molar-refractivity contribution in [2.75, 3.05) is 44.7 Å². The Bertz CT molecular complexity index is 2240. The number of nitrogens with zero attached hydrogens (tertiary/aromatic N) is 8. The Morgan fingerprint density at radius 1 is 1.08 bits per heavy atom. The number of carbonyl (C=O) groups is 1. The van der Waals surface area contributed by atoms with Gasteiger partial charge in [0.05, 0.1) is 10.9 Å². The number of fused-ring (bicyclic) bond motifs is 3. The second-order valence-corrected chi connectivity index (χ2v) is 15.8. The lowest BCUT2D eigenvalue weighted by molar-refractivity contribution is -0.124. The fraction of sp³-hybridized carbons (Fsp3) is 0.450. The van der Waals surface area contributed by atoms with Crippen LogP contribution in [0.25, 0.3) is 39.0 Å². The van der Waals surface area contributed by atoms with Crippen LogP contribution in [0.5, 0.6) is 6.01 Å². The van der Waals surface area contributed by atoms with Gasteiger partial charge in [0.15, 0.2) is 11.6 Å². The summed E-state index contributed by atoms with van der Waals surface area (Å²) in [5.41, 5.74) is 0.789. The molecule has 274 valence electrons. The molecule has 3 aliphatic heterocycles. The van der Waals surface area contributed by atoms with Crippen molar-refractivity contribution in [3.63, 3.8) is 0 Å². The highest BCUT2D eigenvalue weighted by atomic mass is 35.5. The summed E-state index contributed by atoms with van der Waals surface area (Å²) >= 11 is 6.66. The molecule has 0 N–H and O–H groups in total. The Labute approximate surface area is 312 Å². The monoisotopic (exact) mass is 736 g/mol. The highest BCUT2D eigenvalue weighted by Crippen LogP contribution is 2.42. The van der Waals surface area contributed by atoms with Gasteiger partial charge in [0.1, 0.15) is 23.6 Å². The van der Waals surface area contributed by atoms with Crippen molar-refractivity contribution in [3.8, 4) is 17.3 Å². The molecule has 6 heterocycles. The van der Waals surface area contributed by atoms with Crippen LogP contribution in [0, 0.1) is 5.82 Å². The molecule has 0 bridgehead atoms. The van der Waals surface area contributed by atoms with Crippen LogP contribution in [0.3, 0.4) is 0 Å². The number of halogens is 2. The standard InChI is InChI=1S/C40H42ClFN8O3/c1-39(15-5-16-39)37-44-30(53-47-37)12-13-31(51)49-21-14-26(23-49)48(2)36-28-22-43-34(27-10-3-8-25-9-4-11-29(41)32(25)27)33(42)35(28)45-38(46-36)52-24-40-17-6-19-50(40)20-7-18-40/h3-4,8-13,22,26H,5-7,14-21,23-24H2,1-2H3/b13-12+/t26-/m1/s1. The first kappa shape index (κ1) is 34.1. The maximum absolute atomic E-state index is 16.9. The number of likely N-dealkylation sites (N-methyl/N-ethyl adjacent to an activating group) is 1. The zero-order valence-corrected chi connectivity index (χ0v) is 30.8. The average molecular weight is 737 g/mol. The van der Waals surface area contributed by atoms with Gasteiger partial charge < -0.3 is 19.1 Å². The second-order valence-electron chi connectivity index (χ2n) is 15.4. The topological polar surface area (TPSA) is 114 Å². The molecule has 5 aromatic rings. The molecule has 11 nitrogen and oxygen atoms in total. The van der Waals surface area contributed by atoms with Gasteiger partial charge in [-0.25, -0.2) is 4.39 Å². The van der Waals surface area contributed by atoms with Gasteiger partial charge in [-0.05, 0) is 69.5 Å². The molecular weight excluding hydrogens is 695 g/mol. The van der Waals surface area contributed by atoms with Crippen molar-refractivity contribution >= 4 is 51.1 Å². The summed E-state index contributed by atoms with van der Waals surface area (Å²) < 4.78 is 28.7. The molecule has 1 saturated carbocycles. The summed E-state index contributed by atoms with van der Waals surface area (Å²) in [6.07, 6.45) is 13.0. The molecule has 3 saturated heterocycles. The minimum atomic E-state index is -0.567. The molecule has 53 heavy (non-hydrogen) atoms. The molecule has 1 aliphatic carbocycles. The Balaban J connectivity index is 1.02. The minimum Gasteiger partial charge on any atom is -0.461 e. The van der Waals surface area contributed by atoms with E-state index in [0.29, 0.717) is 59.6 Å². The third-order valence-corrected chi connectivity index (χ3v) is 12.5. The van der Waals surface area contributed by atoms with E-state index < -0.39 is 5.82 Å². The number of anilines is 1. The number of pyridine rings is 1. The van der Waals surface area contributed by atoms with Crippen molar-refractivity contribution in [3.05, 3.63) is 71.2 Å². The molecule has 0 radical (unpaired) electrons. The summed E-state index contributed by atoms with van der Waals surface area (Å²) in [4.78, 5) is 38.4. The predicted molar refractivity (Wildman–Crippen MR) is 201 cm³/mol. The number of hydrogen-bond donors (Lipinski definition) is 0. The number of amides is 1. The van der Waals surface area contributed by atoms with E-state index in [9.17, 15) is 4.79 Å². The Hall–Kier alpha value is -4.68. The van der Waals surface area contributed by atoms with E-state index in [1.165, 1.54) is 6.08 Å². The zero-order chi connectivity index (χ0) is 36.3. The highest BCUT2D eigenvalue weighted by molar-refractivity contribution is 6.36. The van der Waals surface area contributed by atoms with E-state index >= 15 is 4.39 Å². The number of rotatable bonds is 9. The fourth-order valence-electron chi connectivity index (χ4n) is 8.85. The van der Waals surface area contributed by atoms with Crippen molar-refractivity contribution in [1.82, 2.24) is 34.9 Å². The van der Waals surface area contributed by atoms with Crippen LogP contribution in [0.2, 0.25) is 5.02 Å². The fourth-order valence-corrected chi connectivity index (χ4v) is 9.14. The summed E-state index contributed by atoms with van der Waals surface area (Å²) in [5.74, 6) is 0.814. The lowest BCUT2D eigenvalue weighted by Crippen LogP contribution is -2.43. The van der Waals surface area contributed by atoms with Gasteiger partial charge >= 0.3 is 6.01 Å². The van der Waals surface area contributed by atoms with E-state index in [4.69, 9.17) is 30.8 Å². The van der Waals surface area contributed by atoms with Crippen LogP contribution in [-0.2, 0) is 10.2 Å². The average Bonchev–Trinajstić information content (AvgIpc) is 3.97. The molecule has 13 heteroatoms. The molecule has 1 amide bonds. The third kappa shape index (κ3) is 6.00. The first-order chi connectivity index (χ1) is 25.7. The lowest BCUT2D eigenvalue weighted by Gasteiger charge is -2.34. The van der Waals surface area contributed by atoms with E-state index in [2.05, 4.69) is 26.9 Å². The van der Waals surface area contributed by atoms with Crippen molar-refractivity contribution in [2.24, 2.45) is 0 Å². The SMILES string of the molecule is CN(c1nc(OCC23CCCN2CCC3)nc2c(F)c(-c3cccc4cccc(Cl)c34)ncc12)[C@@H]1CCN(C(=O)/C=C/c2nc(C3(C)CCC3)no2)C1. The van der Waals surface area contributed by atoms with Crippen molar-refractivity contribution in [1.29, 1.82) is 0 Å². The number of hydrogen-bond acceptors (Lipinski definition) is 10. The summed E-state index contributed by atoms with van der Waals surface area (Å²) in [6, 6.07) is 11.3. The second kappa shape index (κ2) is 13.3. The molecule has 4 aliphatic rings. The van der Waals surface area contributed by atoms with E-state index in [-0.39, 0.29) is 40.1 Å². The lowest BCUT2D eigenvalue weighted by atomic mass is 9.70. The Kier molecular flexibility index (Phi) is 8.57. The van der Waals surface area contributed by atoms with E-state index in [1.807, 2.05) is 42.3 Å². The molecule has 3 aromatic heterocycles. The zero-order valence-electron chi connectivity index (χ0n) is 30.0. The Morgan fingerprint density at radius 2 is 1.87 bits per heavy atom. The van der Waals surface area contributed by atoms with E-state index in [0.717, 1.165) is 68.8 Å². The summed E-state index contributed by atoms with van der Waals surface area (Å²) in [6.45, 7) is 5.71. The van der Waals surface area contributed by atoms with Gasteiger partial charge in [-0.2, -0.15) is 15.0 Å². The number of likely N-dealkylation sites (tertiary alicyclic amines) is 1. The third-order valence-electron chi connectivity index (χ3n) is 12.2. The number of ether oxygens (including phenoxy) is 1. The van der Waals surface area contributed by atoms with Crippen molar-refractivity contribution in [2.45, 2.75) is 75.3 Å². The molecule has 0 spiro atoms. The summed E-state index contributed by atoms with van der Waals surface area (Å²) in [5, 5.41) is 6.75. The first-order valence-corrected chi connectivity index (χ1v) is 19.0.